The molecule has 3 rings (SSSR count). The maximum absolute atomic E-state index is 11.3. The van der Waals surface area contributed by atoms with E-state index < -0.39 is 10.9 Å². The molecule has 0 atom stereocenters. The van der Waals surface area contributed by atoms with Crippen LogP contribution in [0.15, 0.2) is 35.8 Å². The Morgan fingerprint density at radius 2 is 2.05 bits per heavy atom. The van der Waals surface area contributed by atoms with E-state index in [4.69, 9.17) is 0 Å². The second kappa shape index (κ2) is 5.33. The maximum Gasteiger partial charge on any atom is 0.358 e. The van der Waals surface area contributed by atoms with Crippen LogP contribution in [0.3, 0.4) is 0 Å². The van der Waals surface area contributed by atoms with Crippen molar-refractivity contribution in [1.82, 2.24) is 20.0 Å². The number of carboxylic acids is 1. The molecule has 0 radical (unpaired) electrons. The lowest BCUT2D eigenvalue weighted by Gasteiger charge is -2.04. The summed E-state index contributed by atoms with van der Waals surface area (Å²) in [6.07, 6.45) is 1.56. The predicted molar refractivity (Wildman–Crippen MR) is 76.1 cm³/mol. The van der Waals surface area contributed by atoms with Gasteiger partial charge in [0.2, 0.25) is 5.13 Å². The maximum atomic E-state index is 11.3. The lowest BCUT2D eigenvalue weighted by molar-refractivity contribution is -0.384. The molecule has 0 aliphatic rings. The number of carbonyl (C=O) groups is 1. The molecule has 2 heterocycles. The van der Waals surface area contributed by atoms with E-state index in [1.807, 2.05) is 0 Å². The molecule has 0 bridgehead atoms. The highest BCUT2D eigenvalue weighted by Gasteiger charge is 2.23. The van der Waals surface area contributed by atoms with Crippen molar-refractivity contribution in [2.24, 2.45) is 0 Å². The molecule has 0 amide bonds. The minimum atomic E-state index is -1.24. The second-order valence-corrected chi connectivity index (χ2v) is 5.00. The zero-order valence-corrected chi connectivity index (χ0v) is 11.6. The van der Waals surface area contributed by atoms with E-state index in [2.05, 4.69) is 15.3 Å². The lowest BCUT2D eigenvalue weighted by Crippen LogP contribution is -2.03. The van der Waals surface area contributed by atoms with Gasteiger partial charge in [-0.1, -0.05) is 5.21 Å². The Hall–Kier alpha value is -3.14. The number of hydrogen-bond donors (Lipinski definition) is 1. The molecule has 110 valence electrons. The van der Waals surface area contributed by atoms with E-state index in [1.54, 1.807) is 11.6 Å². The molecular formula is C12H7N5O4S. The van der Waals surface area contributed by atoms with Gasteiger partial charge in [0.15, 0.2) is 5.69 Å². The summed E-state index contributed by atoms with van der Waals surface area (Å²) < 4.78 is 1.30. The van der Waals surface area contributed by atoms with Crippen LogP contribution in [0.4, 0.5) is 5.69 Å². The van der Waals surface area contributed by atoms with E-state index in [-0.39, 0.29) is 17.1 Å². The number of thiazole rings is 1. The largest absolute Gasteiger partial charge is 0.476 e. The van der Waals surface area contributed by atoms with E-state index in [9.17, 15) is 20.0 Å². The number of nitro groups is 1. The first-order valence-electron chi connectivity index (χ1n) is 5.91. The van der Waals surface area contributed by atoms with Crippen LogP contribution >= 0.6 is 11.3 Å². The molecule has 0 aliphatic carbocycles. The highest BCUT2D eigenvalue weighted by Crippen LogP contribution is 2.27. The fraction of sp³-hybridized carbons (Fsp3) is 0. The van der Waals surface area contributed by atoms with E-state index >= 15 is 0 Å². The number of hydrogen-bond acceptors (Lipinski definition) is 7. The summed E-state index contributed by atoms with van der Waals surface area (Å²) in [5.41, 5.74) is 0.332. The molecule has 0 saturated heterocycles. The van der Waals surface area contributed by atoms with Crippen molar-refractivity contribution >= 4 is 23.0 Å². The van der Waals surface area contributed by atoms with Gasteiger partial charge in [0.1, 0.15) is 5.69 Å². The molecule has 0 spiro atoms. The van der Waals surface area contributed by atoms with Gasteiger partial charge in [-0.2, -0.15) is 4.68 Å². The van der Waals surface area contributed by atoms with Crippen molar-refractivity contribution < 1.29 is 14.8 Å². The average Bonchev–Trinajstić information content (AvgIpc) is 3.16. The Bertz CT molecular complexity index is 841. The smallest absolute Gasteiger partial charge is 0.358 e. The lowest BCUT2D eigenvalue weighted by atomic mass is 10.1. The zero-order chi connectivity index (χ0) is 15.7. The number of rotatable bonds is 4. The molecule has 0 unspecified atom stereocenters. The molecule has 0 aliphatic heterocycles. The SMILES string of the molecule is O=C(O)c1nnn(-c2nccs2)c1-c1ccc([N+](=O)[O-])cc1. The Morgan fingerprint density at radius 3 is 2.59 bits per heavy atom. The summed E-state index contributed by atoms with van der Waals surface area (Å²) in [5.74, 6) is -1.24. The summed E-state index contributed by atoms with van der Waals surface area (Å²) in [6.45, 7) is 0. The number of non-ortho nitro benzene ring substituents is 1. The molecule has 9 nitrogen and oxygen atoms in total. The molecule has 0 saturated carbocycles. The monoisotopic (exact) mass is 317 g/mol. The second-order valence-electron chi connectivity index (χ2n) is 4.12. The first-order chi connectivity index (χ1) is 10.6. The van der Waals surface area contributed by atoms with Crippen molar-refractivity contribution in [3.8, 4) is 16.4 Å². The predicted octanol–water partition coefficient (Wildman–Crippen LogP) is 2.00. The number of nitrogens with zero attached hydrogens (tertiary/aromatic N) is 5. The first-order valence-corrected chi connectivity index (χ1v) is 6.79. The van der Waals surface area contributed by atoms with Crippen molar-refractivity contribution in [1.29, 1.82) is 0 Å². The van der Waals surface area contributed by atoms with Crippen molar-refractivity contribution in [2.75, 3.05) is 0 Å². The van der Waals surface area contributed by atoms with Gasteiger partial charge >= 0.3 is 5.97 Å². The van der Waals surface area contributed by atoms with Gasteiger partial charge in [-0.3, -0.25) is 10.1 Å². The number of benzene rings is 1. The van der Waals surface area contributed by atoms with Crippen molar-refractivity contribution in [3.63, 3.8) is 0 Å². The van der Waals surface area contributed by atoms with Crippen LogP contribution < -0.4 is 0 Å². The fourth-order valence-corrected chi connectivity index (χ4v) is 2.47. The third kappa shape index (κ3) is 2.31. The quantitative estimate of drug-likeness (QED) is 0.576. The van der Waals surface area contributed by atoms with E-state index in [0.29, 0.717) is 10.7 Å². The van der Waals surface area contributed by atoms with Gasteiger partial charge in [-0.05, 0) is 12.1 Å². The number of nitro benzene ring substituents is 1. The Morgan fingerprint density at radius 1 is 1.32 bits per heavy atom. The van der Waals surface area contributed by atoms with E-state index in [0.717, 1.165) is 0 Å². The summed E-state index contributed by atoms with van der Waals surface area (Å²) in [6, 6.07) is 5.49. The van der Waals surface area contributed by atoms with Gasteiger partial charge in [-0.25, -0.2) is 9.78 Å². The molecule has 0 fully saturated rings. The van der Waals surface area contributed by atoms with Crippen LogP contribution in [-0.2, 0) is 0 Å². The van der Waals surface area contributed by atoms with Gasteiger partial charge in [-0.15, -0.1) is 16.4 Å². The van der Waals surface area contributed by atoms with Crippen molar-refractivity contribution in [2.45, 2.75) is 0 Å². The van der Waals surface area contributed by atoms with Crippen LogP contribution in [-0.4, -0.2) is 36.0 Å². The number of aromatic nitrogens is 4. The summed E-state index contributed by atoms with van der Waals surface area (Å²) in [4.78, 5) is 25.6. The molecule has 1 N–H and O–H groups in total. The third-order valence-corrected chi connectivity index (χ3v) is 3.57. The van der Waals surface area contributed by atoms with Gasteiger partial charge in [0, 0.05) is 29.3 Å². The van der Waals surface area contributed by atoms with Gasteiger partial charge in [0.25, 0.3) is 5.69 Å². The van der Waals surface area contributed by atoms with Gasteiger partial charge < -0.3 is 5.11 Å². The third-order valence-electron chi connectivity index (χ3n) is 2.82. The minimum absolute atomic E-state index is 0.0890. The fourth-order valence-electron chi connectivity index (χ4n) is 1.88. The molecule has 22 heavy (non-hydrogen) atoms. The van der Waals surface area contributed by atoms with Gasteiger partial charge in [0.05, 0.1) is 4.92 Å². The highest BCUT2D eigenvalue weighted by atomic mass is 32.1. The zero-order valence-electron chi connectivity index (χ0n) is 10.8. The van der Waals surface area contributed by atoms with Crippen LogP contribution in [0.2, 0.25) is 0 Å². The van der Waals surface area contributed by atoms with Crippen LogP contribution in [0.5, 0.6) is 0 Å². The number of aromatic carboxylic acids is 1. The Kier molecular flexibility index (Phi) is 3.35. The summed E-state index contributed by atoms with van der Waals surface area (Å²) in [5, 5.41) is 29.6. The molecule has 10 heteroatoms. The topological polar surface area (TPSA) is 124 Å². The minimum Gasteiger partial charge on any atom is -0.476 e. The molecular weight excluding hydrogens is 310 g/mol. The van der Waals surface area contributed by atoms with Crippen LogP contribution in [0, 0.1) is 10.1 Å². The first kappa shape index (κ1) is 13.8. The summed E-state index contributed by atoms with van der Waals surface area (Å²) in [7, 11) is 0. The highest BCUT2D eigenvalue weighted by molar-refractivity contribution is 7.12. The summed E-state index contributed by atoms with van der Waals surface area (Å²) >= 11 is 1.27. The van der Waals surface area contributed by atoms with E-state index in [1.165, 1.54) is 40.3 Å². The Labute approximate surface area is 126 Å². The standard InChI is InChI=1S/C12H7N5O4S/c18-11(19)9-10(7-1-3-8(4-2-7)17(20)21)16(15-14-9)12-13-5-6-22-12/h1-6H,(H,18,19). The normalized spacial score (nSPS) is 10.5. The number of carboxylic acid groups (broad SMARTS) is 1. The van der Waals surface area contributed by atoms with Crippen LogP contribution in [0.1, 0.15) is 10.5 Å². The molecule has 1 aromatic carbocycles. The Balaban J connectivity index is 2.17. The average molecular weight is 317 g/mol. The van der Waals surface area contributed by atoms with Crippen molar-refractivity contribution in [3.05, 3.63) is 51.7 Å². The molecule has 2 aromatic heterocycles. The van der Waals surface area contributed by atoms with Crippen LogP contribution in [0.25, 0.3) is 16.4 Å². The molecule has 3 aromatic rings.